The van der Waals surface area contributed by atoms with Crippen LogP contribution in [0.2, 0.25) is 0 Å². The minimum Gasteiger partial charge on any atom is -0.341 e. The summed E-state index contributed by atoms with van der Waals surface area (Å²) < 4.78 is 0. The average Bonchev–Trinajstić information content (AvgIpc) is 2.19. The molecule has 92 valence electrons. The van der Waals surface area contributed by atoms with Crippen molar-refractivity contribution in [2.24, 2.45) is 5.92 Å². The molecular weight excluding hydrogens is 212 g/mol. The molecule has 0 saturated carbocycles. The lowest BCUT2D eigenvalue weighted by molar-refractivity contribution is -0.136. The van der Waals surface area contributed by atoms with Crippen molar-refractivity contribution in [3.05, 3.63) is 34.9 Å². The highest BCUT2D eigenvalue weighted by molar-refractivity contribution is 5.80. The SMILES string of the molecule is Cc1ccc(CN(C)C(=O)C2CNC2)c(C)c1. The van der Waals surface area contributed by atoms with Crippen molar-refractivity contribution in [3.8, 4) is 0 Å². The number of benzene rings is 1. The van der Waals surface area contributed by atoms with Gasteiger partial charge in [0.15, 0.2) is 0 Å². The van der Waals surface area contributed by atoms with Crippen LogP contribution in [0.5, 0.6) is 0 Å². The van der Waals surface area contributed by atoms with E-state index in [0.717, 1.165) is 13.1 Å². The molecule has 1 aromatic carbocycles. The molecule has 1 aliphatic heterocycles. The van der Waals surface area contributed by atoms with E-state index in [2.05, 4.69) is 37.4 Å². The molecule has 1 aromatic rings. The Hall–Kier alpha value is -1.35. The smallest absolute Gasteiger partial charge is 0.228 e. The van der Waals surface area contributed by atoms with Crippen LogP contribution >= 0.6 is 0 Å². The van der Waals surface area contributed by atoms with Gasteiger partial charge in [-0.15, -0.1) is 0 Å². The van der Waals surface area contributed by atoms with Gasteiger partial charge in [-0.1, -0.05) is 23.8 Å². The highest BCUT2D eigenvalue weighted by Crippen LogP contribution is 2.15. The summed E-state index contributed by atoms with van der Waals surface area (Å²) in [5.41, 5.74) is 3.76. The number of hydrogen-bond acceptors (Lipinski definition) is 2. The minimum atomic E-state index is 0.186. The van der Waals surface area contributed by atoms with Gasteiger partial charge < -0.3 is 10.2 Å². The van der Waals surface area contributed by atoms with Crippen molar-refractivity contribution in [3.63, 3.8) is 0 Å². The van der Waals surface area contributed by atoms with Crippen LogP contribution in [0.3, 0.4) is 0 Å². The summed E-state index contributed by atoms with van der Waals surface area (Å²) in [7, 11) is 1.89. The van der Waals surface area contributed by atoms with Gasteiger partial charge in [0.25, 0.3) is 0 Å². The second kappa shape index (κ2) is 4.88. The summed E-state index contributed by atoms with van der Waals surface area (Å²) >= 11 is 0. The maximum Gasteiger partial charge on any atom is 0.228 e. The highest BCUT2D eigenvalue weighted by atomic mass is 16.2. The molecule has 0 atom stereocenters. The Morgan fingerprint density at radius 2 is 2.12 bits per heavy atom. The Kier molecular flexibility index (Phi) is 3.48. The van der Waals surface area contributed by atoms with E-state index in [1.165, 1.54) is 16.7 Å². The van der Waals surface area contributed by atoms with Crippen LogP contribution in [0.15, 0.2) is 18.2 Å². The predicted octanol–water partition coefficient (Wildman–Crippen LogP) is 1.48. The van der Waals surface area contributed by atoms with Crippen LogP contribution in [0.4, 0.5) is 0 Å². The van der Waals surface area contributed by atoms with Crippen molar-refractivity contribution in [1.82, 2.24) is 10.2 Å². The van der Waals surface area contributed by atoms with Gasteiger partial charge in [0.1, 0.15) is 0 Å². The lowest BCUT2D eigenvalue weighted by Gasteiger charge is -2.30. The zero-order chi connectivity index (χ0) is 12.4. The van der Waals surface area contributed by atoms with Gasteiger partial charge >= 0.3 is 0 Å². The topological polar surface area (TPSA) is 32.3 Å². The maximum absolute atomic E-state index is 12.0. The predicted molar refractivity (Wildman–Crippen MR) is 68.7 cm³/mol. The molecule has 0 bridgehead atoms. The molecule has 0 radical (unpaired) electrons. The largest absolute Gasteiger partial charge is 0.341 e. The summed E-state index contributed by atoms with van der Waals surface area (Å²) in [5, 5.41) is 3.13. The molecular formula is C14H20N2O. The Labute approximate surface area is 103 Å². The second-order valence-corrected chi connectivity index (χ2v) is 4.98. The first-order valence-electron chi connectivity index (χ1n) is 6.10. The van der Waals surface area contributed by atoms with Gasteiger partial charge in [0.2, 0.25) is 5.91 Å². The Bertz CT molecular complexity index is 424. The van der Waals surface area contributed by atoms with E-state index < -0.39 is 0 Å². The molecule has 3 heteroatoms. The first-order chi connectivity index (χ1) is 8.08. The molecule has 1 N–H and O–H groups in total. The van der Waals surface area contributed by atoms with Crippen LogP contribution < -0.4 is 5.32 Å². The summed E-state index contributed by atoms with van der Waals surface area (Å²) in [6, 6.07) is 6.39. The zero-order valence-electron chi connectivity index (χ0n) is 10.8. The monoisotopic (exact) mass is 232 g/mol. The molecule has 0 aliphatic carbocycles. The van der Waals surface area contributed by atoms with Gasteiger partial charge in [0, 0.05) is 26.7 Å². The standard InChI is InChI=1S/C14H20N2O/c1-10-4-5-12(11(2)6-10)9-16(3)14(17)13-7-15-8-13/h4-6,13,15H,7-9H2,1-3H3. The van der Waals surface area contributed by atoms with Gasteiger partial charge in [0.05, 0.1) is 5.92 Å². The molecule has 0 unspecified atom stereocenters. The zero-order valence-corrected chi connectivity index (χ0v) is 10.8. The molecule has 1 fully saturated rings. The number of amides is 1. The van der Waals surface area contributed by atoms with Crippen molar-refractivity contribution in [1.29, 1.82) is 0 Å². The Balaban J connectivity index is 2.01. The van der Waals surface area contributed by atoms with E-state index in [1.807, 2.05) is 11.9 Å². The Morgan fingerprint density at radius 3 is 2.65 bits per heavy atom. The van der Waals surface area contributed by atoms with Gasteiger partial charge in [-0.3, -0.25) is 4.79 Å². The number of carbonyl (C=O) groups is 1. The van der Waals surface area contributed by atoms with Gasteiger partial charge in [-0.2, -0.15) is 0 Å². The molecule has 1 amide bonds. The van der Waals surface area contributed by atoms with Crippen LogP contribution in [-0.4, -0.2) is 30.9 Å². The van der Waals surface area contributed by atoms with E-state index in [-0.39, 0.29) is 11.8 Å². The van der Waals surface area contributed by atoms with Crippen LogP contribution in [-0.2, 0) is 11.3 Å². The van der Waals surface area contributed by atoms with Crippen LogP contribution in [0.25, 0.3) is 0 Å². The lowest BCUT2D eigenvalue weighted by Crippen LogP contribution is -2.51. The average molecular weight is 232 g/mol. The highest BCUT2D eigenvalue weighted by Gasteiger charge is 2.27. The number of hydrogen-bond donors (Lipinski definition) is 1. The summed E-state index contributed by atoms with van der Waals surface area (Å²) in [5.74, 6) is 0.439. The number of nitrogens with zero attached hydrogens (tertiary/aromatic N) is 1. The van der Waals surface area contributed by atoms with Crippen molar-refractivity contribution in [2.45, 2.75) is 20.4 Å². The number of nitrogens with one attached hydrogen (secondary N) is 1. The lowest BCUT2D eigenvalue weighted by atomic mass is 10.0. The first kappa shape index (κ1) is 12.1. The van der Waals surface area contributed by atoms with E-state index in [4.69, 9.17) is 0 Å². The molecule has 3 nitrogen and oxygen atoms in total. The molecule has 17 heavy (non-hydrogen) atoms. The summed E-state index contributed by atoms with van der Waals surface area (Å²) in [6.45, 7) is 6.56. The fourth-order valence-electron chi connectivity index (χ4n) is 2.13. The third-order valence-corrected chi connectivity index (χ3v) is 3.41. The number of carbonyl (C=O) groups excluding carboxylic acids is 1. The van der Waals surface area contributed by atoms with Gasteiger partial charge in [-0.25, -0.2) is 0 Å². The van der Waals surface area contributed by atoms with Crippen molar-refractivity contribution in [2.75, 3.05) is 20.1 Å². The second-order valence-electron chi connectivity index (χ2n) is 4.98. The Morgan fingerprint density at radius 1 is 1.41 bits per heavy atom. The maximum atomic E-state index is 12.0. The third kappa shape index (κ3) is 2.67. The molecule has 1 saturated heterocycles. The van der Waals surface area contributed by atoms with Crippen molar-refractivity contribution < 1.29 is 4.79 Å². The molecule has 0 spiro atoms. The van der Waals surface area contributed by atoms with E-state index in [0.29, 0.717) is 6.54 Å². The van der Waals surface area contributed by atoms with E-state index in [1.54, 1.807) is 0 Å². The molecule has 2 rings (SSSR count). The van der Waals surface area contributed by atoms with E-state index >= 15 is 0 Å². The quantitative estimate of drug-likeness (QED) is 0.856. The molecule has 0 aromatic heterocycles. The third-order valence-electron chi connectivity index (χ3n) is 3.41. The molecule has 1 heterocycles. The minimum absolute atomic E-state index is 0.186. The normalized spacial score (nSPS) is 15.5. The van der Waals surface area contributed by atoms with E-state index in [9.17, 15) is 4.79 Å². The number of rotatable bonds is 3. The number of aryl methyl sites for hydroxylation is 2. The van der Waals surface area contributed by atoms with Gasteiger partial charge in [-0.05, 0) is 25.0 Å². The fraction of sp³-hybridized carbons (Fsp3) is 0.500. The molecule has 1 aliphatic rings. The summed E-state index contributed by atoms with van der Waals surface area (Å²) in [4.78, 5) is 13.8. The van der Waals surface area contributed by atoms with Crippen LogP contribution in [0, 0.1) is 19.8 Å². The summed E-state index contributed by atoms with van der Waals surface area (Å²) in [6.07, 6.45) is 0. The first-order valence-corrected chi connectivity index (χ1v) is 6.10. The fourth-order valence-corrected chi connectivity index (χ4v) is 2.13. The van der Waals surface area contributed by atoms with Crippen LogP contribution in [0.1, 0.15) is 16.7 Å². The van der Waals surface area contributed by atoms with Crippen molar-refractivity contribution >= 4 is 5.91 Å².